The summed E-state index contributed by atoms with van der Waals surface area (Å²) in [4.78, 5) is 32.9. The standard InChI is InChI=1S/C23H17Cl2N3O2S2/c24-13-4-8-15(9-5-13)26-19(29)12-31-23-27-21-20(17-2-1-3-18(17)32-21)22(30)28(23)16-10-6-14(25)7-11-16/h4-11H,1-3,12H2,(H,26,29). The third kappa shape index (κ3) is 4.18. The largest absolute Gasteiger partial charge is 0.325 e. The van der Waals surface area contributed by atoms with Gasteiger partial charge < -0.3 is 5.32 Å². The molecule has 5 nitrogen and oxygen atoms in total. The maximum absolute atomic E-state index is 13.6. The number of benzene rings is 2. The van der Waals surface area contributed by atoms with Gasteiger partial charge in [0.25, 0.3) is 5.56 Å². The van der Waals surface area contributed by atoms with Gasteiger partial charge in [0.1, 0.15) is 4.83 Å². The molecule has 0 fully saturated rings. The monoisotopic (exact) mass is 501 g/mol. The number of anilines is 1. The molecular weight excluding hydrogens is 485 g/mol. The molecule has 0 atom stereocenters. The summed E-state index contributed by atoms with van der Waals surface area (Å²) in [6.45, 7) is 0. The van der Waals surface area contributed by atoms with Gasteiger partial charge in [-0.3, -0.25) is 14.2 Å². The van der Waals surface area contributed by atoms with Crippen molar-refractivity contribution in [1.82, 2.24) is 9.55 Å². The van der Waals surface area contributed by atoms with Gasteiger partial charge in [0.05, 0.1) is 16.8 Å². The van der Waals surface area contributed by atoms with Gasteiger partial charge in [0.15, 0.2) is 5.16 Å². The van der Waals surface area contributed by atoms with Crippen LogP contribution in [0.5, 0.6) is 0 Å². The summed E-state index contributed by atoms with van der Waals surface area (Å²) < 4.78 is 1.59. The van der Waals surface area contributed by atoms with Gasteiger partial charge in [-0.15, -0.1) is 11.3 Å². The predicted molar refractivity (Wildman–Crippen MR) is 133 cm³/mol. The number of hydrogen-bond donors (Lipinski definition) is 1. The van der Waals surface area contributed by atoms with E-state index < -0.39 is 0 Å². The number of hydrogen-bond acceptors (Lipinski definition) is 5. The van der Waals surface area contributed by atoms with Crippen molar-refractivity contribution in [2.75, 3.05) is 11.1 Å². The SMILES string of the molecule is O=C(CSc1nc2sc3c(c2c(=O)n1-c1ccc(Cl)cc1)CCC3)Nc1ccc(Cl)cc1. The minimum Gasteiger partial charge on any atom is -0.325 e. The van der Waals surface area contributed by atoms with Crippen LogP contribution in [0.2, 0.25) is 10.0 Å². The molecular formula is C23H17Cl2N3O2S2. The molecule has 0 saturated heterocycles. The Morgan fingerprint density at radius 2 is 1.75 bits per heavy atom. The molecule has 2 heterocycles. The second-order valence-electron chi connectivity index (χ2n) is 7.39. The normalized spacial score (nSPS) is 12.8. The highest BCUT2D eigenvalue weighted by Gasteiger charge is 2.24. The molecule has 1 N–H and O–H groups in total. The second kappa shape index (κ2) is 8.90. The molecule has 0 aliphatic heterocycles. The van der Waals surface area contributed by atoms with E-state index in [1.807, 2.05) is 0 Å². The molecule has 1 aliphatic carbocycles. The van der Waals surface area contributed by atoms with Crippen molar-refractivity contribution < 1.29 is 4.79 Å². The van der Waals surface area contributed by atoms with E-state index >= 15 is 0 Å². The van der Waals surface area contributed by atoms with Crippen LogP contribution < -0.4 is 10.9 Å². The zero-order valence-electron chi connectivity index (χ0n) is 16.7. The Morgan fingerprint density at radius 3 is 2.47 bits per heavy atom. The first-order chi connectivity index (χ1) is 15.5. The third-order valence-corrected chi connectivity index (χ3v) is 7.88. The number of aryl methyl sites for hydroxylation is 2. The maximum Gasteiger partial charge on any atom is 0.267 e. The van der Waals surface area contributed by atoms with Crippen LogP contribution in [0.1, 0.15) is 16.9 Å². The molecule has 32 heavy (non-hydrogen) atoms. The average Bonchev–Trinajstić information content (AvgIpc) is 3.36. The summed E-state index contributed by atoms with van der Waals surface area (Å²) in [6, 6.07) is 14.0. The van der Waals surface area contributed by atoms with Crippen LogP contribution in [0, 0.1) is 0 Å². The van der Waals surface area contributed by atoms with E-state index in [1.54, 1.807) is 64.4 Å². The highest BCUT2D eigenvalue weighted by Crippen LogP contribution is 2.36. The van der Waals surface area contributed by atoms with Crippen LogP contribution in [0.4, 0.5) is 5.69 Å². The number of rotatable bonds is 5. The first-order valence-corrected chi connectivity index (χ1v) is 12.6. The molecule has 2 aromatic carbocycles. The topological polar surface area (TPSA) is 64.0 Å². The lowest BCUT2D eigenvalue weighted by atomic mass is 10.2. The second-order valence-corrected chi connectivity index (χ2v) is 10.3. The van der Waals surface area contributed by atoms with E-state index in [1.165, 1.54) is 16.6 Å². The number of thiophene rings is 1. The fourth-order valence-electron chi connectivity index (χ4n) is 3.80. The van der Waals surface area contributed by atoms with E-state index in [0.717, 1.165) is 29.7 Å². The van der Waals surface area contributed by atoms with Gasteiger partial charge in [-0.1, -0.05) is 35.0 Å². The molecule has 0 spiro atoms. The molecule has 2 aromatic heterocycles. The van der Waals surface area contributed by atoms with E-state index in [-0.39, 0.29) is 17.2 Å². The van der Waals surface area contributed by atoms with Crippen molar-refractivity contribution >= 4 is 68.1 Å². The van der Waals surface area contributed by atoms with Crippen LogP contribution in [0.25, 0.3) is 15.9 Å². The third-order valence-electron chi connectivity index (χ3n) is 5.25. The lowest BCUT2D eigenvalue weighted by molar-refractivity contribution is -0.113. The molecule has 0 unspecified atom stereocenters. The highest BCUT2D eigenvalue weighted by molar-refractivity contribution is 7.99. The molecule has 0 radical (unpaired) electrons. The maximum atomic E-state index is 13.6. The van der Waals surface area contributed by atoms with Crippen LogP contribution in [-0.2, 0) is 17.6 Å². The lowest BCUT2D eigenvalue weighted by Gasteiger charge is -2.13. The summed E-state index contributed by atoms with van der Waals surface area (Å²) in [5.41, 5.74) is 2.36. The van der Waals surface area contributed by atoms with Crippen molar-refractivity contribution in [2.45, 2.75) is 24.4 Å². The van der Waals surface area contributed by atoms with E-state index in [2.05, 4.69) is 5.32 Å². The summed E-state index contributed by atoms with van der Waals surface area (Å²) in [5, 5.41) is 5.21. The molecule has 0 saturated carbocycles. The summed E-state index contributed by atoms with van der Waals surface area (Å²) in [7, 11) is 0. The average molecular weight is 502 g/mol. The fraction of sp³-hybridized carbons (Fsp3) is 0.174. The number of halogens is 2. The minimum absolute atomic E-state index is 0.0997. The lowest BCUT2D eigenvalue weighted by Crippen LogP contribution is -2.23. The van der Waals surface area contributed by atoms with Gasteiger partial charge in [0.2, 0.25) is 5.91 Å². The van der Waals surface area contributed by atoms with Crippen LogP contribution in [0.15, 0.2) is 58.5 Å². The van der Waals surface area contributed by atoms with E-state index in [4.69, 9.17) is 28.2 Å². The Labute approximate surface area is 202 Å². The Balaban J connectivity index is 1.50. The number of thioether (sulfide) groups is 1. The van der Waals surface area contributed by atoms with Crippen LogP contribution >= 0.6 is 46.3 Å². The van der Waals surface area contributed by atoms with Crippen molar-refractivity contribution in [3.8, 4) is 5.69 Å². The number of carbonyl (C=O) groups excluding carboxylic acids is 1. The van der Waals surface area contributed by atoms with Crippen molar-refractivity contribution in [3.05, 3.63) is 79.4 Å². The van der Waals surface area contributed by atoms with Gasteiger partial charge in [-0.05, 0) is 73.4 Å². The molecule has 162 valence electrons. The Hall–Kier alpha value is -2.32. The molecule has 9 heteroatoms. The fourth-order valence-corrected chi connectivity index (χ4v) is 6.17. The molecule has 4 aromatic rings. The number of nitrogens with one attached hydrogen (secondary N) is 1. The first kappa shape index (κ1) is 21.5. The van der Waals surface area contributed by atoms with Gasteiger partial charge in [-0.2, -0.15) is 0 Å². The number of nitrogens with zero attached hydrogens (tertiary/aromatic N) is 2. The molecule has 0 bridgehead atoms. The highest BCUT2D eigenvalue weighted by atomic mass is 35.5. The summed E-state index contributed by atoms with van der Waals surface area (Å²) in [6.07, 6.45) is 2.96. The number of fused-ring (bicyclic) bond motifs is 3. The first-order valence-electron chi connectivity index (χ1n) is 10.0. The Morgan fingerprint density at radius 1 is 1.06 bits per heavy atom. The van der Waals surface area contributed by atoms with Crippen molar-refractivity contribution in [2.24, 2.45) is 0 Å². The number of carbonyl (C=O) groups is 1. The van der Waals surface area contributed by atoms with Crippen LogP contribution in [-0.4, -0.2) is 21.2 Å². The molecule has 1 amide bonds. The zero-order valence-corrected chi connectivity index (χ0v) is 19.9. The summed E-state index contributed by atoms with van der Waals surface area (Å²) >= 11 is 14.8. The van der Waals surface area contributed by atoms with Crippen molar-refractivity contribution in [1.29, 1.82) is 0 Å². The predicted octanol–water partition coefficient (Wildman–Crippen LogP) is 5.97. The van der Waals surface area contributed by atoms with Gasteiger partial charge >= 0.3 is 0 Å². The number of aromatic nitrogens is 2. The van der Waals surface area contributed by atoms with Gasteiger partial charge in [0, 0.05) is 20.6 Å². The minimum atomic E-state index is -0.192. The van der Waals surface area contributed by atoms with E-state index in [9.17, 15) is 9.59 Å². The van der Waals surface area contributed by atoms with Gasteiger partial charge in [-0.25, -0.2) is 4.98 Å². The molecule has 5 rings (SSSR count). The smallest absolute Gasteiger partial charge is 0.267 e. The molecule has 1 aliphatic rings. The Bertz CT molecular complexity index is 1380. The van der Waals surface area contributed by atoms with Crippen molar-refractivity contribution in [3.63, 3.8) is 0 Å². The summed E-state index contributed by atoms with van der Waals surface area (Å²) in [5.74, 6) is -0.0813. The number of amides is 1. The Kier molecular flexibility index (Phi) is 5.99. The zero-order chi connectivity index (χ0) is 22.2. The van der Waals surface area contributed by atoms with E-state index in [0.29, 0.717) is 32.0 Å². The van der Waals surface area contributed by atoms with Crippen LogP contribution in [0.3, 0.4) is 0 Å². The quantitative estimate of drug-likeness (QED) is 0.270.